The van der Waals surface area contributed by atoms with Crippen LogP contribution in [0.3, 0.4) is 0 Å². The van der Waals surface area contributed by atoms with Gasteiger partial charge in [-0.05, 0) is 43.0 Å². The zero-order valence-electron chi connectivity index (χ0n) is 20.6. The van der Waals surface area contributed by atoms with Gasteiger partial charge in [0.05, 0.1) is 11.4 Å². The lowest BCUT2D eigenvalue weighted by atomic mass is 10.0. The van der Waals surface area contributed by atoms with E-state index < -0.39 is 11.6 Å². The van der Waals surface area contributed by atoms with Crippen molar-refractivity contribution in [2.75, 3.05) is 18.8 Å². The number of carbonyl (C=O) groups is 2. The number of likely N-dealkylation sites (tertiary alicyclic amines) is 1. The first-order valence-electron chi connectivity index (χ1n) is 12.3. The maximum atomic E-state index is 13.4. The van der Waals surface area contributed by atoms with Gasteiger partial charge in [0.1, 0.15) is 29.5 Å². The molecule has 2 aromatic heterocycles. The normalized spacial score (nSPS) is 15.5. The molecule has 2 aromatic carbocycles. The summed E-state index contributed by atoms with van der Waals surface area (Å²) in [5, 5.41) is 5.50. The number of carbonyl (C=O) groups excluding carboxylic acids is 2. The van der Waals surface area contributed by atoms with E-state index in [0.717, 1.165) is 42.2 Å². The van der Waals surface area contributed by atoms with Gasteiger partial charge in [-0.25, -0.2) is 23.4 Å². The lowest BCUT2D eigenvalue weighted by Crippen LogP contribution is -2.40. The fourth-order valence-corrected chi connectivity index (χ4v) is 4.88. The number of hydrogen-bond donors (Lipinski definition) is 1. The van der Waals surface area contributed by atoms with E-state index in [-0.39, 0.29) is 29.7 Å². The summed E-state index contributed by atoms with van der Waals surface area (Å²) >= 11 is 0. The van der Waals surface area contributed by atoms with Crippen molar-refractivity contribution < 1.29 is 18.4 Å². The number of fused-ring (bicyclic) bond motifs is 1. The Balaban J connectivity index is 1.39. The fraction of sp³-hybridized carbons (Fsp3) is 0.250. The summed E-state index contributed by atoms with van der Waals surface area (Å²) in [6.45, 7) is 4.75. The first-order valence-corrected chi connectivity index (χ1v) is 12.3. The van der Waals surface area contributed by atoms with Crippen molar-refractivity contribution in [3.63, 3.8) is 0 Å². The number of piperidine rings is 1. The summed E-state index contributed by atoms with van der Waals surface area (Å²) in [5.74, 6) is -1.69. The predicted octanol–water partition coefficient (Wildman–Crippen LogP) is 4.52. The minimum Gasteiger partial charge on any atom is -0.383 e. The first-order chi connectivity index (χ1) is 18.3. The second-order valence-electron chi connectivity index (χ2n) is 9.31. The standard InChI is InChI=1S/C28H26F2N6O2/c1-2-24(38)35-11-3-4-22(15-35)36-28-25(27(31)32-16-33-28)26(34-36)18-8-5-17(6-9-18)7-10-23(37)19-12-20(29)14-21(30)13-19/h2,5-6,8-9,12-14,16,22H,1,3-4,7,10-11,15H2,(H2,31,32,33)/t22-/m1/s1. The molecule has 1 atom stereocenters. The lowest BCUT2D eigenvalue weighted by molar-refractivity contribution is -0.127. The Morgan fingerprint density at radius 1 is 1.11 bits per heavy atom. The number of anilines is 1. The van der Waals surface area contributed by atoms with Crippen LogP contribution in [0.2, 0.25) is 0 Å². The molecule has 194 valence electrons. The number of halogens is 2. The number of aryl methyl sites for hydroxylation is 1. The molecule has 10 heteroatoms. The number of ketones is 1. The third kappa shape index (κ3) is 5.02. The van der Waals surface area contributed by atoms with E-state index in [1.165, 1.54) is 12.4 Å². The van der Waals surface area contributed by atoms with Crippen LogP contribution >= 0.6 is 0 Å². The monoisotopic (exact) mass is 516 g/mol. The van der Waals surface area contributed by atoms with Gasteiger partial charge in [0, 0.05) is 36.7 Å². The molecule has 1 amide bonds. The molecule has 2 N–H and O–H groups in total. The van der Waals surface area contributed by atoms with Gasteiger partial charge in [0.2, 0.25) is 5.91 Å². The Hall–Kier alpha value is -4.47. The summed E-state index contributed by atoms with van der Waals surface area (Å²) < 4.78 is 28.7. The molecular formula is C28H26F2N6O2. The zero-order chi connectivity index (χ0) is 26.8. The molecule has 0 bridgehead atoms. The number of benzene rings is 2. The number of aromatic nitrogens is 4. The number of nitrogens with zero attached hydrogens (tertiary/aromatic N) is 5. The van der Waals surface area contributed by atoms with E-state index in [2.05, 4.69) is 16.5 Å². The van der Waals surface area contributed by atoms with Gasteiger partial charge in [-0.3, -0.25) is 9.59 Å². The molecule has 8 nitrogen and oxygen atoms in total. The van der Waals surface area contributed by atoms with Crippen molar-refractivity contribution in [3.05, 3.63) is 84.2 Å². The molecule has 0 spiro atoms. The highest BCUT2D eigenvalue weighted by Crippen LogP contribution is 2.34. The molecule has 0 unspecified atom stereocenters. The molecule has 4 aromatic rings. The summed E-state index contributed by atoms with van der Waals surface area (Å²) in [6, 6.07) is 10.3. The molecule has 1 fully saturated rings. The SMILES string of the molecule is C=CC(=O)N1CCC[C@@H](n2nc(-c3ccc(CCC(=O)c4cc(F)cc(F)c4)cc3)c3c(N)ncnc32)C1. The number of amides is 1. The minimum atomic E-state index is -0.777. The number of nitrogens with two attached hydrogens (primary N) is 1. The van der Waals surface area contributed by atoms with Crippen LogP contribution in [-0.4, -0.2) is 49.4 Å². The van der Waals surface area contributed by atoms with Crippen molar-refractivity contribution in [3.8, 4) is 11.3 Å². The quantitative estimate of drug-likeness (QED) is 0.286. The van der Waals surface area contributed by atoms with E-state index in [1.807, 2.05) is 28.9 Å². The van der Waals surface area contributed by atoms with Crippen LogP contribution in [0.25, 0.3) is 22.3 Å². The van der Waals surface area contributed by atoms with E-state index in [4.69, 9.17) is 10.8 Å². The van der Waals surface area contributed by atoms with Gasteiger partial charge in [0.25, 0.3) is 0 Å². The third-order valence-corrected chi connectivity index (χ3v) is 6.80. The minimum absolute atomic E-state index is 0.0164. The summed E-state index contributed by atoms with van der Waals surface area (Å²) in [6.07, 6.45) is 4.91. The van der Waals surface area contributed by atoms with E-state index in [9.17, 15) is 18.4 Å². The molecule has 0 aliphatic carbocycles. The Bertz CT molecular complexity index is 1510. The number of rotatable bonds is 7. The number of hydrogen-bond acceptors (Lipinski definition) is 6. The Labute approximate surface area is 217 Å². The van der Waals surface area contributed by atoms with Crippen LogP contribution in [0.5, 0.6) is 0 Å². The topological polar surface area (TPSA) is 107 Å². The highest BCUT2D eigenvalue weighted by Gasteiger charge is 2.28. The Morgan fingerprint density at radius 3 is 2.55 bits per heavy atom. The van der Waals surface area contributed by atoms with Crippen LogP contribution in [0.15, 0.2) is 61.4 Å². The van der Waals surface area contributed by atoms with Crippen molar-refractivity contribution in [2.45, 2.75) is 31.7 Å². The molecule has 1 aliphatic heterocycles. The number of nitrogen functional groups attached to an aromatic ring is 1. The van der Waals surface area contributed by atoms with Crippen molar-refractivity contribution in [1.82, 2.24) is 24.6 Å². The Kier molecular flexibility index (Phi) is 6.95. The van der Waals surface area contributed by atoms with Crippen LogP contribution in [0.1, 0.15) is 41.2 Å². The zero-order valence-corrected chi connectivity index (χ0v) is 20.6. The molecule has 0 saturated carbocycles. The van der Waals surface area contributed by atoms with Crippen LogP contribution in [0, 0.1) is 11.6 Å². The van der Waals surface area contributed by atoms with Gasteiger partial charge in [-0.1, -0.05) is 30.8 Å². The van der Waals surface area contributed by atoms with Crippen molar-refractivity contribution in [1.29, 1.82) is 0 Å². The molecule has 5 rings (SSSR count). The average molecular weight is 517 g/mol. The van der Waals surface area contributed by atoms with Gasteiger partial charge in [-0.15, -0.1) is 0 Å². The smallest absolute Gasteiger partial charge is 0.246 e. The van der Waals surface area contributed by atoms with E-state index in [1.54, 1.807) is 4.90 Å². The molecular weight excluding hydrogens is 490 g/mol. The number of Topliss-reactive ketones (excluding diaryl/α,β-unsaturated/α-hetero) is 1. The van der Waals surface area contributed by atoms with Gasteiger partial charge < -0.3 is 10.6 Å². The molecule has 38 heavy (non-hydrogen) atoms. The second kappa shape index (κ2) is 10.5. The van der Waals surface area contributed by atoms with Crippen LogP contribution < -0.4 is 5.73 Å². The molecule has 1 saturated heterocycles. The molecule has 0 radical (unpaired) electrons. The third-order valence-electron chi connectivity index (χ3n) is 6.80. The van der Waals surface area contributed by atoms with Crippen molar-refractivity contribution >= 4 is 28.5 Å². The van der Waals surface area contributed by atoms with Gasteiger partial charge in [-0.2, -0.15) is 5.10 Å². The van der Waals surface area contributed by atoms with Gasteiger partial charge >= 0.3 is 0 Å². The second-order valence-corrected chi connectivity index (χ2v) is 9.31. The predicted molar refractivity (Wildman–Crippen MR) is 139 cm³/mol. The molecule has 3 heterocycles. The average Bonchev–Trinajstić information content (AvgIpc) is 3.32. The first kappa shape index (κ1) is 25.2. The Morgan fingerprint density at radius 2 is 1.84 bits per heavy atom. The summed E-state index contributed by atoms with van der Waals surface area (Å²) in [4.78, 5) is 35.0. The van der Waals surface area contributed by atoms with Crippen molar-refractivity contribution in [2.24, 2.45) is 0 Å². The van der Waals surface area contributed by atoms with E-state index in [0.29, 0.717) is 42.1 Å². The highest BCUT2D eigenvalue weighted by molar-refractivity contribution is 5.98. The highest BCUT2D eigenvalue weighted by atomic mass is 19.1. The maximum absolute atomic E-state index is 13.4. The molecule has 1 aliphatic rings. The fourth-order valence-electron chi connectivity index (χ4n) is 4.88. The van der Waals surface area contributed by atoms with Crippen LogP contribution in [-0.2, 0) is 11.2 Å². The van der Waals surface area contributed by atoms with Gasteiger partial charge in [0.15, 0.2) is 11.4 Å². The lowest BCUT2D eigenvalue weighted by Gasteiger charge is -2.32. The largest absolute Gasteiger partial charge is 0.383 e. The summed E-state index contributed by atoms with van der Waals surface area (Å²) in [5.41, 5.74) is 9.18. The maximum Gasteiger partial charge on any atom is 0.246 e. The van der Waals surface area contributed by atoms with E-state index >= 15 is 0 Å². The summed E-state index contributed by atoms with van der Waals surface area (Å²) in [7, 11) is 0. The van der Waals surface area contributed by atoms with Crippen LogP contribution in [0.4, 0.5) is 14.6 Å².